The molecule has 0 aliphatic heterocycles. The lowest BCUT2D eigenvalue weighted by Crippen LogP contribution is -2.17. The Labute approximate surface area is 344 Å². The molecule has 0 aromatic heterocycles. The van der Waals surface area contributed by atoms with Crippen molar-refractivity contribution in [2.45, 2.75) is 38.5 Å². The molecule has 0 unspecified atom stereocenters. The van der Waals surface area contributed by atoms with Crippen LogP contribution < -0.4 is 9.80 Å². The maximum absolute atomic E-state index is 2.41. The predicted octanol–water partition coefficient (Wildman–Crippen LogP) is 15.3. The van der Waals surface area contributed by atoms with Gasteiger partial charge in [-0.05, 0) is 150 Å². The normalized spacial score (nSPS) is 16.2. The third-order valence-electron chi connectivity index (χ3n) is 11.2. The molecule has 4 aliphatic rings. The van der Waals surface area contributed by atoms with Crippen LogP contribution in [-0.4, -0.2) is 0 Å². The molecule has 0 heterocycles. The molecule has 282 valence electrons. The highest BCUT2D eigenvalue weighted by molar-refractivity contribution is 5.85. The topological polar surface area (TPSA) is 6.48 Å². The Hall–Kier alpha value is -6.90. The summed E-state index contributed by atoms with van der Waals surface area (Å²) in [5, 5.41) is 0. The second kappa shape index (κ2) is 17.5. The first kappa shape index (κ1) is 36.7. The predicted molar refractivity (Wildman–Crippen MR) is 248 cm³/mol. The number of rotatable bonds is 10. The molecule has 0 radical (unpaired) electrons. The van der Waals surface area contributed by atoms with Crippen LogP contribution in [0.15, 0.2) is 241 Å². The van der Waals surface area contributed by atoms with Crippen LogP contribution in [0.3, 0.4) is 0 Å². The second-order valence-electron chi connectivity index (χ2n) is 15.0. The van der Waals surface area contributed by atoms with E-state index in [1.165, 1.54) is 55.9 Å². The maximum atomic E-state index is 2.41. The van der Waals surface area contributed by atoms with Crippen molar-refractivity contribution in [2.75, 3.05) is 9.80 Å². The molecule has 9 rings (SSSR count). The van der Waals surface area contributed by atoms with E-state index >= 15 is 0 Å². The minimum Gasteiger partial charge on any atom is -0.311 e. The Bertz CT molecular complexity index is 2570. The number of hydrogen-bond acceptors (Lipinski definition) is 2. The second-order valence-corrected chi connectivity index (χ2v) is 15.0. The van der Waals surface area contributed by atoms with E-state index in [1.807, 2.05) is 0 Å². The van der Waals surface area contributed by atoms with E-state index in [9.17, 15) is 0 Å². The largest absolute Gasteiger partial charge is 0.311 e. The first-order chi connectivity index (χ1) is 28.8. The maximum Gasteiger partial charge on any atom is 0.0502 e. The van der Waals surface area contributed by atoms with Crippen molar-refractivity contribution >= 4 is 33.9 Å². The van der Waals surface area contributed by atoms with Crippen LogP contribution in [-0.2, 0) is 0 Å². The van der Waals surface area contributed by atoms with Crippen molar-refractivity contribution in [3.05, 3.63) is 252 Å². The van der Waals surface area contributed by atoms with Crippen molar-refractivity contribution in [3.8, 4) is 11.1 Å². The van der Waals surface area contributed by atoms with Crippen LogP contribution in [0.1, 0.15) is 49.7 Å². The van der Waals surface area contributed by atoms with Gasteiger partial charge in [-0.1, -0.05) is 152 Å². The smallest absolute Gasteiger partial charge is 0.0502 e. The van der Waals surface area contributed by atoms with Gasteiger partial charge in [0.15, 0.2) is 0 Å². The van der Waals surface area contributed by atoms with Crippen molar-refractivity contribution in [2.24, 2.45) is 0 Å². The highest BCUT2D eigenvalue weighted by Crippen LogP contribution is 2.39. The number of allylic oxidation sites excluding steroid dienone is 18. The van der Waals surface area contributed by atoms with Crippen molar-refractivity contribution in [1.82, 2.24) is 0 Å². The molecule has 0 N–H and O–H groups in total. The minimum atomic E-state index is 0.822. The summed E-state index contributed by atoms with van der Waals surface area (Å²) in [4.78, 5) is 4.78. The van der Waals surface area contributed by atoms with E-state index in [1.54, 1.807) is 0 Å². The average Bonchev–Trinajstić information content (AvgIpc) is 3.70. The van der Waals surface area contributed by atoms with Gasteiger partial charge in [0.1, 0.15) is 0 Å². The molecule has 5 aromatic rings. The SMILES string of the molecule is C1=CCC(c2cccc(-c3ccc(N(C4=CCC=C(C5=CCCC=C5)C=C4)c4ccccc4)cc3)c2)=C(N(c2ccccc2)c2ccc(C3=CCCC=C3)cc2)C=C1. The van der Waals surface area contributed by atoms with E-state index in [0.29, 0.717) is 0 Å². The third-order valence-corrected chi connectivity index (χ3v) is 11.2. The number of nitrogens with zero attached hydrogens (tertiary/aromatic N) is 2. The van der Waals surface area contributed by atoms with Crippen LogP contribution in [0, 0.1) is 0 Å². The van der Waals surface area contributed by atoms with E-state index in [-0.39, 0.29) is 0 Å². The summed E-state index contributed by atoms with van der Waals surface area (Å²) in [5.41, 5.74) is 16.9. The van der Waals surface area contributed by atoms with Gasteiger partial charge in [0.2, 0.25) is 0 Å². The standard InChI is InChI=1S/C56H48N2/c1-6-18-43(19-7-1)45-22-17-29-52(37-32-45)57(50-25-10-3-11-26-50)53-38-35-47(36-39-53)48-23-16-24-49(42-48)55-30-14-5-15-31-56(55)58(51-27-12-4-13-28-51)54-40-33-46(34-41-54)44-20-8-2-9-21-44/h3-6,8,10-16,18-29,31-42H,1-2,7,9,17,30H2. The first-order valence-electron chi connectivity index (χ1n) is 20.7. The Morgan fingerprint density at radius 1 is 0.362 bits per heavy atom. The summed E-state index contributed by atoms with van der Waals surface area (Å²) in [5.74, 6) is 0. The average molecular weight is 749 g/mol. The van der Waals surface area contributed by atoms with Crippen LogP contribution in [0.5, 0.6) is 0 Å². The molecule has 0 amide bonds. The lowest BCUT2D eigenvalue weighted by molar-refractivity contribution is 1.02. The molecular formula is C56H48N2. The summed E-state index contributed by atoms with van der Waals surface area (Å²) in [7, 11) is 0. The van der Waals surface area contributed by atoms with E-state index in [2.05, 4.69) is 228 Å². The lowest BCUT2D eigenvalue weighted by atomic mass is 9.95. The summed E-state index contributed by atoms with van der Waals surface area (Å²) < 4.78 is 0. The molecule has 2 nitrogen and oxygen atoms in total. The van der Waals surface area contributed by atoms with Gasteiger partial charge in [0.25, 0.3) is 0 Å². The first-order valence-corrected chi connectivity index (χ1v) is 20.7. The molecule has 0 spiro atoms. The van der Waals surface area contributed by atoms with Crippen LogP contribution >= 0.6 is 0 Å². The van der Waals surface area contributed by atoms with Gasteiger partial charge in [0, 0.05) is 28.4 Å². The molecule has 0 saturated carbocycles. The highest BCUT2D eigenvalue weighted by atomic mass is 15.2. The van der Waals surface area contributed by atoms with E-state index in [0.717, 1.165) is 61.3 Å². The molecule has 0 fully saturated rings. The Morgan fingerprint density at radius 2 is 0.966 bits per heavy atom. The zero-order valence-electron chi connectivity index (χ0n) is 32.9. The number of para-hydroxylation sites is 2. The number of benzene rings is 5. The zero-order chi connectivity index (χ0) is 38.9. The fraction of sp³-hybridized carbons (Fsp3) is 0.107. The van der Waals surface area contributed by atoms with E-state index in [4.69, 9.17) is 0 Å². The third kappa shape index (κ3) is 8.14. The van der Waals surface area contributed by atoms with Crippen LogP contribution in [0.2, 0.25) is 0 Å². The Kier molecular flexibility index (Phi) is 11.1. The Balaban J connectivity index is 1.05. The lowest BCUT2D eigenvalue weighted by Gasteiger charge is -2.29. The molecule has 5 aromatic carbocycles. The number of anilines is 4. The van der Waals surface area contributed by atoms with Crippen molar-refractivity contribution in [3.63, 3.8) is 0 Å². The molecule has 0 saturated heterocycles. The monoisotopic (exact) mass is 748 g/mol. The van der Waals surface area contributed by atoms with E-state index < -0.39 is 0 Å². The minimum absolute atomic E-state index is 0.822. The van der Waals surface area contributed by atoms with Crippen LogP contribution in [0.25, 0.3) is 22.3 Å². The molecular weight excluding hydrogens is 701 g/mol. The summed E-state index contributed by atoms with van der Waals surface area (Å²) in [6.45, 7) is 0. The Morgan fingerprint density at radius 3 is 1.66 bits per heavy atom. The van der Waals surface area contributed by atoms with Gasteiger partial charge < -0.3 is 9.80 Å². The molecule has 4 aliphatic carbocycles. The zero-order valence-corrected chi connectivity index (χ0v) is 32.9. The molecule has 0 bridgehead atoms. The van der Waals surface area contributed by atoms with Gasteiger partial charge >= 0.3 is 0 Å². The van der Waals surface area contributed by atoms with Gasteiger partial charge in [-0.2, -0.15) is 0 Å². The summed E-state index contributed by atoms with van der Waals surface area (Å²) >= 11 is 0. The van der Waals surface area contributed by atoms with Crippen molar-refractivity contribution < 1.29 is 0 Å². The molecule has 58 heavy (non-hydrogen) atoms. The quantitative estimate of drug-likeness (QED) is 0.140. The fourth-order valence-electron chi connectivity index (χ4n) is 8.27. The van der Waals surface area contributed by atoms with Gasteiger partial charge in [0.05, 0.1) is 5.70 Å². The fourth-order valence-corrected chi connectivity index (χ4v) is 8.27. The summed E-state index contributed by atoms with van der Waals surface area (Å²) in [6, 6.07) is 48.6. The van der Waals surface area contributed by atoms with Crippen molar-refractivity contribution in [1.29, 1.82) is 0 Å². The number of hydrogen-bond donors (Lipinski definition) is 0. The highest BCUT2D eigenvalue weighted by Gasteiger charge is 2.20. The van der Waals surface area contributed by atoms with Gasteiger partial charge in [-0.25, -0.2) is 0 Å². The van der Waals surface area contributed by atoms with Gasteiger partial charge in [-0.15, -0.1) is 0 Å². The molecule has 2 heteroatoms. The van der Waals surface area contributed by atoms with Crippen LogP contribution in [0.4, 0.5) is 22.7 Å². The summed E-state index contributed by atoms with van der Waals surface area (Å²) in [6.07, 6.45) is 38.0. The molecule has 0 atom stereocenters. The van der Waals surface area contributed by atoms with Gasteiger partial charge in [-0.3, -0.25) is 0 Å².